The third-order valence-electron chi connectivity index (χ3n) is 5.40. The minimum atomic E-state index is 0.578. The first-order valence-electron chi connectivity index (χ1n) is 10.9. The van der Waals surface area contributed by atoms with Gasteiger partial charge in [-0.05, 0) is 50.1 Å². The van der Waals surface area contributed by atoms with Gasteiger partial charge in [0.2, 0.25) is 0 Å². The van der Waals surface area contributed by atoms with Gasteiger partial charge in [-0.1, -0.05) is 36.7 Å². The van der Waals surface area contributed by atoms with Crippen molar-refractivity contribution >= 4 is 17.7 Å². The number of benzene rings is 1. The Hall–Kier alpha value is -2.22. The zero-order chi connectivity index (χ0) is 21.2. The summed E-state index contributed by atoms with van der Waals surface area (Å²) in [5.41, 5.74) is 1.15. The lowest BCUT2D eigenvalue weighted by Gasteiger charge is -2.16. The molecule has 1 heterocycles. The molecule has 0 atom stereocenters. The van der Waals surface area contributed by atoms with E-state index < -0.39 is 0 Å². The molecular formula is C22H34N6OS. The smallest absolute Gasteiger partial charge is 0.191 e. The van der Waals surface area contributed by atoms with E-state index in [0.717, 1.165) is 54.2 Å². The molecule has 164 valence electrons. The van der Waals surface area contributed by atoms with Crippen LogP contribution in [0.5, 0.6) is 5.75 Å². The Kier molecular flexibility index (Phi) is 8.86. The largest absolute Gasteiger partial charge is 0.497 e. The monoisotopic (exact) mass is 430 g/mol. The summed E-state index contributed by atoms with van der Waals surface area (Å²) in [6, 6.07) is 8.60. The van der Waals surface area contributed by atoms with Crippen LogP contribution in [-0.2, 0) is 13.0 Å². The number of aliphatic imine (C=N–C) groups is 1. The Balaban J connectivity index is 1.51. The highest BCUT2D eigenvalue weighted by molar-refractivity contribution is 7.98. The second-order valence-electron chi connectivity index (χ2n) is 7.48. The van der Waals surface area contributed by atoms with Crippen LogP contribution in [-0.4, -0.2) is 47.2 Å². The van der Waals surface area contributed by atoms with E-state index in [9.17, 15) is 0 Å². The first-order chi connectivity index (χ1) is 14.7. The molecule has 2 N–H and O–H groups in total. The zero-order valence-electron chi connectivity index (χ0n) is 18.4. The summed E-state index contributed by atoms with van der Waals surface area (Å²) < 4.78 is 7.60. The Labute approximate surface area is 184 Å². The fraction of sp³-hybridized carbons (Fsp3) is 0.591. The number of nitrogens with one attached hydrogen (secondary N) is 2. The van der Waals surface area contributed by atoms with Gasteiger partial charge in [-0.3, -0.25) is 0 Å². The van der Waals surface area contributed by atoms with E-state index in [1.54, 1.807) is 18.9 Å². The molecule has 7 nitrogen and oxygen atoms in total. The van der Waals surface area contributed by atoms with Crippen molar-refractivity contribution in [3.05, 3.63) is 35.7 Å². The fourth-order valence-corrected chi connectivity index (χ4v) is 4.42. The second kappa shape index (κ2) is 11.8. The van der Waals surface area contributed by atoms with Crippen LogP contribution in [0.15, 0.2) is 34.4 Å². The quantitative estimate of drug-likeness (QED) is 0.258. The summed E-state index contributed by atoms with van der Waals surface area (Å²) >= 11 is 1.70. The van der Waals surface area contributed by atoms with Gasteiger partial charge in [-0.25, -0.2) is 4.99 Å². The molecule has 3 rings (SSSR count). The highest BCUT2D eigenvalue weighted by Crippen LogP contribution is 2.33. The number of aryl methyl sites for hydroxylation is 1. The number of hydrogen-bond acceptors (Lipinski definition) is 5. The second-order valence-corrected chi connectivity index (χ2v) is 8.26. The first-order valence-corrected chi connectivity index (χ1v) is 12.1. The lowest BCUT2D eigenvalue weighted by atomic mass is 10.2. The molecule has 0 aliphatic heterocycles. The van der Waals surface area contributed by atoms with Gasteiger partial charge in [0, 0.05) is 25.6 Å². The topological polar surface area (TPSA) is 76.4 Å². The van der Waals surface area contributed by atoms with Gasteiger partial charge < -0.3 is 19.9 Å². The molecule has 30 heavy (non-hydrogen) atoms. The van der Waals surface area contributed by atoms with E-state index in [4.69, 9.17) is 9.73 Å². The number of guanidine groups is 1. The van der Waals surface area contributed by atoms with Gasteiger partial charge >= 0.3 is 0 Å². The van der Waals surface area contributed by atoms with Crippen LogP contribution in [0.3, 0.4) is 0 Å². The SMILES string of the molecule is CCNC(=NCc1ccc(OC)cc1)NCCCc1nnc(SC)n1C1CCCC1. The molecule has 0 spiro atoms. The highest BCUT2D eigenvalue weighted by atomic mass is 32.2. The van der Waals surface area contributed by atoms with Crippen molar-refractivity contribution in [3.8, 4) is 5.75 Å². The molecule has 1 aliphatic carbocycles. The van der Waals surface area contributed by atoms with Gasteiger partial charge in [0.1, 0.15) is 11.6 Å². The number of nitrogens with zero attached hydrogens (tertiary/aromatic N) is 4. The lowest BCUT2D eigenvalue weighted by molar-refractivity contribution is 0.414. The molecule has 0 saturated heterocycles. The lowest BCUT2D eigenvalue weighted by Crippen LogP contribution is -2.37. The van der Waals surface area contributed by atoms with Crippen molar-refractivity contribution in [2.24, 2.45) is 4.99 Å². The molecule has 1 aromatic carbocycles. The van der Waals surface area contributed by atoms with E-state index in [1.165, 1.54) is 25.7 Å². The highest BCUT2D eigenvalue weighted by Gasteiger charge is 2.23. The van der Waals surface area contributed by atoms with Crippen molar-refractivity contribution < 1.29 is 4.74 Å². The predicted molar refractivity (Wildman–Crippen MR) is 123 cm³/mol. The molecule has 8 heteroatoms. The van der Waals surface area contributed by atoms with Gasteiger partial charge in [-0.15, -0.1) is 10.2 Å². The third-order valence-corrected chi connectivity index (χ3v) is 6.04. The Morgan fingerprint density at radius 2 is 1.97 bits per heavy atom. The van der Waals surface area contributed by atoms with Crippen molar-refractivity contribution in [1.29, 1.82) is 0 Å². The average Bonchev–Trinajstić information content (AvgIpc) is 3.44. The van der Waals surface area contributed by atoms with Gasteiger partial charge in [0.05, 0.1) is 13.7 Å². The molecule has 0 amide bonds. The van der Waals surface area contributed by atoms with Crippen LogP contribution in [0.25, 0.3) is 0 Å². The van der Waals surface area contributed by atoms with Crippen molar-refractivity contribution in [2.45, 2.75) is 63.2 Å². The molecule has 0 unspecified atom stereocenters. The predicted octanol–water partition coefficient (Wildman–Crippen LogP) is 3.81. The number of hydrogen-bond donors (Lipinski definition) is 2. The van der Waals surface area contributed by atoms with Crippen molar-refractivity contribution in [2.75, 3.05) is 26.5 Å². The molecule has 0 radical (unpaired) electrons. The average molecular weight is 431 g/mol. The van der Waals surface area contributed by atoms with Crippen LogP contribution >= 0.6 is 11.8 Å². The summed E-state index contributed by atoms with van der Waals surface area (Å²) in [5.74, 6) is 2.83. The van der Waals surface area contributed by atoms with Gasteiger partial charge in [-0.2, -0.15) is 0 Å². The molecule has 1 fully saturated rings. The number of ether oxygens (including phenoxy) is 1. The Morgan fingerprint density at radius 1 is 1.20 bits per heavy atom. The first kappa shape index (κ1) is 22.5. The standard InChI is InChI=1S/C22H34N6OS/c1-4-23-21(25-16-17-11-13-19(29-2)14-12-17)24-15-7-10-20-26-27-22(30-3)28(20)18-8-5-6-9-18/h11-14,18H,4-10,15-16H2,1-3H3,(H2,23,24,25). The van der Waals surface area contributed by atoms with Gasteiger partial charge in [0.15, 0.2) is 11.1 Å². The van der Waals surface area contributed by atoms with Crippen molar-refractivity contribution in [1.82, 2.24) is 25.4 Å². The molecule has 1 saturated carbocycles. The molecule has 2 aromatic rings. The Bertz CT molecular complexity index is 798. The van der Waals surface area contributed by atoms with Crippen LogP contribution in [0, 0.1) is 0 Å². The zero-order valence-corrected chi connectivity index (χ0v) is 19.2. The van der Waals surface area contributed by atoms with Crippen LogP contribution in [0.1, 0.15) is 56.5 Å². The minimum absolute atomic E-state index is 0.578. The van der Waals surface area contributed by atoms with E-state index >= 15 is 0 Å². The minimum Gasteiger partial charge on any atom is -0.497 e. The molecule has 1 aromatic heterocycles. The number of thioether (sulfide) groups is 1. The van der Waals surface area contributed by atoms with E-state index in [2.05, 4.69) is 38.6 Å². The fourth-order valence-electron chi connectivity index (χ4n) is 3.84. The summed E-state index contributed by atoms with van der Waals surface area (Å²) in [7, 11) is 1.68. The summed E-state index contributed by atoms with van der Waals surface area (Å²) in [6.07, 6.45) is 9.13. The molecule has 0 bridgehead atoms. The molecule has 1 aliphatic rings. The van der Waals surface area contributed by atoms with Crippen LogP contribution in [0.2, 0.25) is 0 Å². The maximum atomic E-state index is 5.21. The van der Waals surface area contributed by atoms with E-state index in [0.29, 0.717) is 12.6 Å². The third kappa shape index (κ3) is 6.14. The molecular weight excluding hydrogens is 396 g/mol. The van der Waals surface area contributed by atoms with Crippen LogP contribution in [0.4, 0.5) is 0 Å². The number of methoxy groups -OCH3 is 1. The van der Waals surface area contributed by atoms with Crippen LogP contribution < -0.4 is 15.4 Å². The maximum Gasteiger partial charge on any atom is 0.191 e. The summed E-state index contributed by atoms with van der Waals surface area (Å²) in [6.45, 7) is 4.40. The summed E-state index contributed by atoms with van der Waals surface area (Å²) in [5, 5.41) is 16.7. The number of rotatable bonds is 10. The maximum absolute atomic E-state index is 5.21. The van der Waals surface area contributed by atoms with Crippen molar-refractivity contribution in [3.63, 3.8) is 0 Å². The summed E-state index contributed by atoms with van der Waals surface area (Å²) in [4.78, 5) is 4.70. The van der Waals surface area contributed by atoms with Gasteiger partial charge in [0.25, 0.3) is 0 Å². The van der Waals surface area contributed by atoms with E-state index in [-0.39, 0.29) is 0 Å². The van der Waals surface area contributed by atoms with E-state index in [1.807, 2.05) is 24.3 Å². The number of aromatic nitrogens is 3. The Morgan fingerprint density at radius 3 is 2.63 bits per heavy atom. The normalized spacial score (nSPS) is 14.8.